The maximum Gasteiger partial charge on any atom is 0.246 e. The van der Waals surface area contributed by atoms with Crippen LogP contribution in [0.25, 0.3) is 0 Å². The third-order valence-corrected chi connectivity index (χ3v) is 4.07. The van der Waals surface area contributed by atoms with E-state index in [4.69, 9.17) is 0 Å². The Balaban J connectivity index is 1.81. The monoisotopic (exact) mass is 276 g/mol. The van der Waals surface area contributed by atoms with Gasteiger partial charge in [0.1, 0.15) is 6.04 Å². The molecule has 108 valence electrons. The van der Waals surface area contributed by atoms with Gasteiger partial charge in [-0.25, -0.2) is 0 Å². The number of carbonyl (C=O) groups excluding carboxylic acids is 2. The standard InChI is InChI=1S/C14H20N4O2/c1-9-7-12(19)15-13(10-3-4-10)14(20)18(9)8-11-5-6-17(2)16-11/h5-6,9-10,13H,3-4,7-8H2,1-2H3,(H,15,19). The molecule has 1 N–H and O–H groups in total. The summed E-state index contributed by atoms with van der Waals surface area (Å²) in [6.07, 6.45) is 4.29. The quantitative estimate of drug-likeness (QED) is 0.871. The molecule has 0 aromatic carbocycles. The second-order valence-electron chi connectivity index (χ2n) is 5.88. The Bertz CT molecular complexity index is 535. The van der Waals surface area contributed by atoms with Gasteiger partial charge in [0, 0.05) is 25.7 Å². The molecule has 0 bridgehead atoms. The molecule has 6 nitrogen and oxygen atoms in total. The van der Waals surface area contributed by atoms with Gasteiger partial charge in [-0.15, -0.1) is 0 Å². The van der Waals surface area contributed by atoms with E-state index in [0.29, 0.717) is 18.9 Å². The lowest BCUT2D eigenvalue weighted by atomic mass is 10.1. The van der Waals surface area contributed by atoms with E-state index < -0.39 is 0 Å². The highest BCUT2D eigenvalue weighted by Gasteiger charge is 2.42. The number of rotatable bonds is 3. The van der Waals surface area contributed by atoms with Crippen LogP contribution in [0.2, 0.25) is 0 Å². The molecule has 2 heterocycles. The molecule has 2 fully saturated rings. The molecule has 2 amide bonds. The average Bonchev–Trinajstić information content (AvgIpc) is 3.15. The van der Waals surface area contributed by atoms with Crippen LogP contribution in [-0.4, -0.2) is 38.6 Å². The molecule has 1 aliphatic carbocycles. The molecule has 3 rings (SSSR count). The molecule has 1 saturated carbocycles. The van der Waals surface area contributed by atoms with Gasteiger partial charge in [-0.05, 0) is 31.7 Å². The average molecular weight is 276 g/mol. The number of nitrogens with one attached hydrogen (secondary N) is 1. The molecular formula is C14H20N4O2. The summed E-state index contributed by atoms with van der Waals surface area (Å²) in [7, 11) is 1.86. The van der Waals surface area contributed by atoms with Crippen molar-refractivity contribution < 1.29 is 9.59 Å². The summed E-state index contributed by atoms with van der Waals surface area (Å²) in [6.45, 7) is 2.40. The second-order valence-corrected chi connectivity index (χ2v) is 5.88. The van der Waals surface area contributed by atoms with Gasteiger partial charge in [-0.1, -0.05) is 0 Å². The van der Waals surface area contributed by atoms with Crippen LogP contribution in [-0.2, 0) is 23.2 Å². The van der Waals surface area contributed by atoms with Crippen molar-refractivity contribution in [2.75, 3.05) is 0 Å². The topological polar surface area (TPSA) is 67.2 Å². The predicted molar refractivity (Wildman–Crippen MR) is 72.5 cm³/mol. The normalized spacial score (nSPS) is 27.4. The number of carbonyl (C=O) groups is 2. The number of amides is 2. The van der Waals surface area contributed by atoms with Gasteiger partial charge >= 0.3 is 0 Å². The van der Waals surface area contributed by atoms with Crippen LogP contribution < -0.4 is 5.32 Å². The fraction of sp³-hybridized carbons (Fsp3) is 0.643. The predicted octanol–water partition coefficient (Wildman–Crippen LogP) is 0.436. The largest absolute Gasteiger partial charge is 0.344 e. The van der Waals surface area contributed by atoms with E-state index >= 15 is 0 Å². The second kappa shape index (κ2) is 4.92. The Kier molecular flexibility index (Phi) is 3.23. The first kappa shape index (κ1) is 13.1. The molecule has 2 unspecified atom stereocenters. The Morgan fingerprint density at radius 3 is 2.75 bits per heavy atom. The lowest BCUT2D eigenvalue weighted by molar-refractivity contribution is -0.136. The summed E-state index contributed by atoms with van der Waals surface area (Å²) in [5.74, 6) is 0.339. The minimum Gasteiger partial charge on any atom is -0.344 e. The summed E-state index contributed by atoms with van der Waals surface area (Å²) in [4.78, 5) is 26.3. The zero-order valence-electron chi connectivity index (χ0n) is 11.9. The third-order valence-electron chi connectivity index (χ3n) is 4.07. The maximum atomic E-state index is 12.7. The Morgan fingerprint density at radius 2 is 2.15 bits per heavy atom. The van der Waals surface area contributed by atoms with Gasteiger partial charge in [0.2, 0.25) is 11.8 Å². The van der Waals surface area contributed by atoms with Crippen LogP contribution in [0, 0.1) is 5.92 Å². The Labute approximate surface area is 118 Å². The number of hydrogen-bond donors (Lipinski definition) is 1. The molecule has 1 aliphatic heterocycles. The van der Waals surface area contributed by atoms with Gasteiger partial charge in [-0.2, -0.15) is 5.10 Å². The highest BCUT2D eigenvalue weighted by molar-refractivity contribution is 5.91. The fourth-order valence-corrected chi connectivity index (χ4v) is 2.77. The minimum atomic E-state index is -0.337. The summed E-state index contributed by atoms with van der Waals surface area (Å²) in [5.41, 5.74) is 0.858. The van der Waals surface area contributed by atoms with E-state index in [9.17, 15) is 9.59 Å². The third kappa shape index (κ3) is 2.55. The number of aromatic nitrogens is 2. The van der Waals surface area contributed by atoms with Crippen molar-refractivity contribution in [3.05, 3.63) is 18.0 Å². The molecular weight excluding hydrogens is 256 g/mol. The molecule has 1 saturated heterocycles. The lowest BCUT2D eigenvalue weighted by Crippen LogP contribution is -2.47. The molecule has 1 aromatic heterocycles. The van der Waals surface area contributed by atoms with Crippen LogP contribution in [0.4, 0.5) is 0 Å². The molecule has 6 heteroatoms. The first-order chi connectivity index (χ1) is 9.54. The molecule has 2 aliphatic rings. The smallest absolute Gasteiger partial charge is 0.246 e. The van der Waals surface area contributed by atoms with E-state index in [0.717, 1.165) is 18.5 Å². The van der Waals surface area contributed by atoms with Crippen molar-refractivity contribution in [2.24, 2.45) is 13.0 Å². The molecule has 20 heavy (non-hydrogen) atoms. The molecule has 2 atom stereocenters. The number of aryl methyl sites for hydroxylation is 1. The molecule has 0 spiro atoms. The number of hydrogen-bond acceptors (Lipinski definition) is 3. The van der Waals surface area contributed by atoms with Crippen molar-refractivity contribution >= 4 is 11.8 Å². The van der Waals surface area contributed by atoms with Crippen molar-refractivity contribution in [1.82, 2.24) is 20.0 Å². The van der Waals surface area contributed by atoms with Gasteiger partial charge in [0.15, 0.2) is 0 Å². The van der Waals surface area contributed by atoms with Gasteiger partial charge in [0.05, 0.1) is 12.2 Å². The summed E-state index contributed by atoms with van der Waals surface area (Å²) in [5, 5.41) is 7.21. The first-order valence-electron chi connectivity index (χ1n) is 7.13. The lowest BCUT2D eigenvalue weighted by Gasteiger charge is -2.28. The first-order valence-corrected chi connectivity index (χ1v) is 7.13. The molecule has 1 aromatic rings. The SMILES string of the molecule is CC1CC(=O)NC(C2CC2)C(=O)N1Cc1ccn(C)n1. The van der Waals surface area contributed by atoms with Crippen molar-refractivity contribution in [1.29, 1.82) is 0 Å². The van der Waals surface area contributed by atoms with Crippen LogP contribution >= 0.6 is 0 Å². The highest BCUT2D eigenvalue weighted by atomic mass is 16.2. The molecule has 0 radical (unpaired) electrons. The minimum absolute atomic E-state index is 0.0220. The Morgan fingerprint density at radius 1 is 1.40 bits per heavy atom. The van der Waals surface area contributed by atoms with Gasteiger partial charge < -0.3 is 10.2 Å². The van der Waals surface area contributed by atoms with E-state index in [2.05, 4.69) is 10.4 Å². The zero-order valence-corrected chi connectivity index (χ0v) is 11.9. The highest BCUT2D eigenvalue weighted by Crippen LogP contribution is 2.35. The van der Waals surface area contributed by atoms with E-state index in [1.54, 1.807) is 9.58 Å². The maximum absolute atomic E-state index is 12.7. The van der Waals surface area contributed by atoms with Gasteiger partial charge in [0.25, 0.3) is 0 Å². The van der Waals surface area contributed by atoms with Crippen molar-refractivity contribution in [3.63, 3.8) is 0 Å². The van der Waals surface area contributed by atoms with E-state index in [1.807, 2.05) is 26.2 Å². The van der Waals surface area contributed by atoms with Crippen LogP contribution in [0.15, 0.2) is 12.3 Å². The summed E-state index contributed by atoms with van der Waals surface area (Å²) < 4.78 is 1.73. The summed E-state index contributed by atoms with van der Waals surface area (Å²) in [6, 6.07) is 1.48. The summed E-state index contributed by atoms with van der Waals surface area (Å²) >= 11 is 0. The Hall–Kier alpha value is -1.85. The zero-order chi connectivity index (χ0) is 14.3. The number of nitrogens with zero attached hydrogens (tertiary/aromatic N) is 3. The fourth-order valence-electron chi connectivity index (χ4n) is 2.77. The van der Waals surface area contributed by atoms with Crippen LogP contribution in [0.3, 0.4) is 0 Å². The van der Waals surface area contributed by atoms with Crippen molar-refractivity contribution in [3.8, 4) is 0 Å². The van der Waals surface area contributed by atoms with Crippen LogP contribution in [0.5, 0.6) is 0 Å². The van der Waals surface area contributed by atoms with Crippen molar-refractivity contribution in [2.45, 2.75) is 44.8 Å². The van der Waals surface area contributed by atoms with E-state index in [1.165, 1.54) is 0 Å². The van der Waals surface area contributed by atoms with E-state index in [-0.39, 0.29) is 23.9 Å². The van der Waals surface area contributed by atoms with Gasteiger partial charge in [-0.3, -0.25) is 14.3 Å². The van der Waals surface area contributed by atoms with Crippen LogP contribution in [0.1, 0.15) is 31.9 Å².